The van der Waals surface area contributed by atoms with Crippen LogP contribution in [0.1, 0.15) is 15.2 Å². The van der Waals surface area contributed by atoms with Gasteiger partial charge in [0.05, 0.1) is 22.2 Å². The highest BCUT2D eigenvalue weighted by Gasteiger charge is 2.28. The largest absolute Gasteiger partial charge is 0.477 e. The molecule has 0 unspecified atom stereocenters. The summed E-state index contributed by atoms with van der Waals surface area (Å²) >= 11 is 2.64. The molecule has 0 atom stereocenters. The molecule has 1 aromatic carbocycles. The van der Waals surface area contributed by atoms with Gasteiger partial charge in [0.25, 0.3) is 0 Å². The van der Waals surface area contributed by atoms with Crippen LogP contribution in [-0.2, 0) is 11.3 Å². The molecule has 1 amide bonds. The Balaban J connectivity index is 1.95. The SMILES string of the molecule is O=C(O)c1cc2c(s1)SCC(=O)N2Cc1ccccc1. The summed E-state index contributed by atoms with van der Waals surface area (Å²) < 4.78 is 0.901. The fraction of sp³-hybridized carbons (Fsp3) is 0.143. The van der Waals surface area contributed by atoms with Crippen LogP contribution in [0, 0.1) is 0 Å². The maximum Gasteiger partial charge on any atom is 0.345 e. The quantitative estimate of drug-likeness (QED) is 0.946. The summed E-state index contributed by atoms with van der Waals surface area (Å²) in [6, 6.07) is 11.3. The van der Waals surface area contributed by atoms with Crippen molar-refractivity contribution >= 4 is 40.7 Å². The van der Waals surface area contributed by atoms with Crippen molar-refractivity contribution in [1.82, 2.24) is 0 Å². The number of nitrogens with zero attached hydrogens (tertiary/aromatic N) is 1. The monoisotopic (exact) mass is 305 g/mol. The zero-order valence-corrected chi connectivity index (χ0v) is 12.0. The number of aromatic carboxylic acids is 1. The van der Waals surface area contributed by atoms with E-state index in [-0.39, 0.29) is 10.8 Å². The van der Waals surface area contributed by atoms with Crippen LogP contribution in [0.5, 0.6) is 0 Å². The highest BCUT2D eigenvalue weighted by molar-refractivity contribution is 8.02. The van der Waals surface area contributed by atoms with Gasteiger partial charge in [-0.15, -0.1) is 23.1 Å². The molecule has 0 radical (unpaired) electrons. The molecule has 0 bridgehead atoms. The van der Waals surface area contributed by atoms with Crippen molar-refractivity contribution in [3.63, 3.8) is 0 Å². The summed E-state index contributed by atoms with van der Waals surface area (Å²) in [7, 11) is 0. The van der Waals surface area contributed by atoms with Crippen molar-refractivity contribution in [1.29, 1.82) is 0 Å². The van der Waals surface area contributed by atoms with E-state index in [4.69, 9.17) is 5.11 Å². The Morgan fingerprint density at radius 3 is 2.75 bits per heavy atom. The van der Waals surface area contributed by atoms with Gasteiger partial charge in [-0.2, -0.15) is 0 Å². The minimum atomic E-state index is -0.947. The smallest absolute Gasteiger partial charge is 0.345 e. The van der Waals surface area contributed by atoms with E-state index in [0.29, 0.717) is 12.3 Å². The van der Waals surface area contributed by atoms with E-state index in [1.807, 2.05) is 30.3 Å². The van der Waals surface area contributed by atoms with Crippen molar-refractivity contribution < 1.29 is 14.7 Å². The molecule has 0 spiro atoms. The van der Waals surface area contributed by atoms with Crippen LogP contribution in [0.2, 0.25) is 0 Å². The minimum absolute atomic E-state index is 0.0149. The third-order valence-corrected chi connectivity index (χ3v) is 5.37. The Labute approximate surface area is 124 Å². The summed E-state index contributed by atoms with van der Waals surface area (Å²) in [6.45, 7) is 0.475. The molecule has 0 saturated carbocycles. The second-order valence-electron chi connectivity index (χ2n) is 4.34. The lowest BCUT2D eigenvalue weighted by molar-refractivity contribution is -0.116. The van der Waals surface area contributed by atoms with E-state index < -0.39 is 5.97 Å². The first-order valence-electron chi connectivity index (χ1n) is 5.99. The van der Waals surface area contributed by atoms with Gasteiger partial charge in [-0.25, -0.2) is 4.79 Å². The number of carboxylic acid groups (broad SMARTS) is 1. The molecule has 1 aliphatic rings. The molecule has 2 heterocycles. The van der Waals surface area contributed by atoms with Crippen LogP contribution in [0.3, 0.4) is 0 Å². The molecule has 1 N–H and O–H groups in total. The Morgan fingerprint density at radius 1 is 1.30 bits per heavy atom. The molecule has 102 valence electrons. The first-order chi connectivity index (χ1) is 9.65. The predicted molar refractivity (Wildman–Crippen MR) is 79.6 cm³/mol. The maximum atomic E-state index is 12.1. The van der Waals surface area contributed by atoms with Crippen LogP contribution < -0.4 is 4.90 Å². The Kier molecular flexibility index (Phi) is 3.50. The molecule has 6 heteroatoms. The molecule has 0 aliphatic carbocycles. The van der Waals surface area contributed by atoms with Gasteiger partial charge in [-0.1, -0.05) is 30.3 Å². The van der Waals surface area contributed by atoms with Gasteiger partial charge in [0.2, 0.25) is 5.91 Å². The number of thioether (sulfide) groups is 1. The maximum absolute atomic E-state index is 12.1. The normalized spacial score (nSPS) is 14.2. The van der Waals surface area contributed by atoms with Gasteiger partial charge in [0.15, 0.2) is 0 Å². The van der Waals surface area contributed by atoms with E-state index in [1.54, 1.807) is 11.0 Å². The van der Waals surface area contributed by atoms with E-state index >= 15 is 0 Å². The number of anilines is 1. The lowest BCUT2D eigenvalue weighted by Gasteiger charge is -2.26. The number of carboxylic acids is 1. The second kappa shape index (κ2) is 5.30. The summed E-state index contributed by atoms with van der Waals surface area (Å²) in [5, 5.41) is 9.07. The standard InChI is InChI=1S/C14H11NO3S2/c16-12-8-19-14-10(6-11(20-14)13(17)18)15(12)7-9-4-2-1-3-5-9/h1-6H,7-8H2,(H,17,18). The summed E-state index contributed by atoms with van der Waals surface area (Å²) in [5.41, 5.74) is 1.75. The number of amides is 1. The summed E-state index contributed by atoms with van der Waals surface area (Å²) in [5.74, 6) is -0.572. The fourth-order valence-electron chi connectivity index (χ4n) is 2.04. The van der Waals surface area contributed by atoms with Crippen LogP contribution in [0.25, 0.3) is 0 Å². The highest BCUT2D eigenvalue weighted by Crippen LogP contribution is 2.42. The number of hydrogen-bond acceptors (Lipinski definition) is 4. The Bertz CT molecular complexity index is 666. The van der Waals surface area contributed by atoms with Crippen LogP contribution in [0.15, 0.2) is 40.6 Å². The van der Waals surface area contributed by atoms with Gasteiger partial charge in [-0.05, 0) is 11.6 Å². The van der Waals surface area contributed by atoms with Gasteiger partial charge in [0.1, 0.15) is 4.88 Å². The zero-order valence-electron chi connectivity index (χ0n) is 10.4. The second-order valence-corrected chi connectivity index (χ2v) is 6.64. The van der Waals surface area contributed by atoms with Crippen molar-refractivity contribution in [2.24, 2.45) is 0 Å². The molecular formula is C14H11NO3S2. The molecule has 1 aromatic heterocycles. The number of carbonyl (C=O) groups excluding carboxylic acids is 1. The van der Waals surface area contributed by atoms with Crippen molar-refractivity contribution in [2.75, 3.05) is 10.7 Å². The fourth-order valence-corrected chi connectivity index (χ4v) is 4.18. The summed E-state index contributed by atoms with van der Waals surface area (Å²) in [4.78, 5) is 25.1. The average Bonchev–Trinajstić information content (AvgIpc) is 2.88. The number of fused-ring (bicyclic) bond motifs is 1. The van der Waals surface area contributed by atoms with Gasteiger partial charge >= 0.3 is 5.97 Å². The molecule has 2 aromatic rings. The highest BCUT2D eigenvalue weighted by atomic mass is 32.2. The molecule has 1 aliphatic heterocycles. The molecule has 0 saturated heterocycles. The molecule has 4 nitrogen and oxygen atoms in total. The van der Waals surface area contributed by atoms with Gasteiger partial charge in [0, 0.05) is 0 Å². The Morgan fingerprint density at radius 2 is 2.05 bits per heavy atom. The third-order valence-electron chi connectivity index (χ3n) is 2.99. The van der Waals surface area contributed by atoms with Crippen LogP contribution >= 0.6 is 23.1 Å². The first kappa shape index (κ1) is 13.2. The third kappa shape index (κ3) is 2.44. The Hall–Kier alpha value is -1.79. The molecular weight excluding hydrogens is 294 g/mol. The van der Waals surface area contributed by atoms with Gasteiger partial charge in [-0.3, -0.25) is 4.79 Å². The van der Waals surface area contributed by atoms with E-state index in [9.17, 15) is 9.59 Å². The zero-order chi connectivity index (χ0) is 14.1. The summed E-state index contributed by atoms with van der Waals surface area (Å²) in [6.07, 6.45) is 0. The number of thiophene rings is 1. The van der Waals surface area contributed by atoms with Crippen molar-refractivity contribution in [3.8, 4) is 0 Å². The van der Waals surface area contributed by atoms with Crippen LogP contribution in [0.4, 0.5) is 5.69 Å². The predicted octanol–water partition coefficient (Wildman–Crippen LogP) is 3.09. The topological polar surface area (TPSA) is 57.6 Å². The molecule has 20 heavy (non-hydrogen) atoms. The van der Waals surface area contributed by atoms with Crippen molar-refractivity contribution in [2.45, 2.75) is 10.8 Å². The molecule has 0 fully saturated rings. The van der Waals surface area contributed by atoms with Gasteiger partial charge < -0.3 is 10.0 Å². The van der Waals surface area contributed by atoms with Crippen molar-refractivity contribution in [3.05, 3.63) is 46.8 Å². The number of rotatable bonds is 3. The van der Waals surface area contributed by atoms with E-state index in [1.165, 1.54) is 23.1 Å². The van der Waals surface area contributed by atoms with E-state index in [2.05, 4.69) is 0 Å². The lowest BCUT2D eigenvalue weighted by atomic mass is 10.2. The number of hydrogen-bond donors (Lipinski definition) is 1. The minimum Gasteiger partial charge on any atom is -0.477 e. The lowest BCUT2D eigenvalue weighted by Crippen LogP contribution is -2.34. The van der Waals surface area contributed by atoms with Crippen LogP contribution in [-0.4, -0.2) is 22.7 Å². The first-order valence-corrected chi connectivity index (χ1v) is 7.79. The number of benzene rings is 1. The van der Waals surface area contributed by atoms with E-state index in [0.717, 1.165) is 15.5 Å². The number of carbonyl (C=O) groups is 2. The average molecular weight is 305 g/mol. The molecule has 3 rings (SSSR count).